The minimum absolute atomic E-state index is 0.00556. The molecule has 1 saturated heterocycles. The van der Waals surface area contributed by atoms with Gasteiger partial charge < -0.3 is 10.4 Å². The number of carbonyl (C=O) groups excluding carboxylic acids is 1. The van der Waals surface area contributed by atoms with Crippen LogP contribution in [0.15, 0.2) is 0 Å². The molecular formula is C9H17NO2S. The third-order valence-corrected chi connectivity index (χ3v) is 3.33. The summed E-state index contributed by atoms with van der Waals surface area (Å²) in [5.74, 6) is -0.00556. The van der Waals surface area contributed by atoms with Crippen LogP contribution in [0.5, 0.6) is 0 Å². The van der Waals surface area contributed by atoms with E-state index >= 15 is 0 Å². The SMILES string of the molecule is CCCCCCC1SC(O)NC1=O. The van der Waals surface area contributed by atoms with Gasteiger partial charge in [-0.15, -0.1) is 0 Å². The Hall–Kier alpha value is -0.220. The molecule has 0 aromatic rings. The summed E-state index contributed by atoms with van der Waals surface area (Å²) in [6.07, 6.45) is 5.63. The quantitative estimate of drug-likeness (QED) is 0.665. The molecule has 0 saturated carbocycles. The van der Waals surface area contributed by atoms with E-state index in [-0.39, 0.29) is 11.2 Å². The summed E-state index contributed by atoms with van der Waals surface area (Å²) in [5, 5.41) is 11.6. The van der Waals surface area contributed by atoms with E-state index in [0.717, 1.165) is 12.8 Å². The number of amides is 1. The van der Waals surface area contributed by atoms with Crippen LogP contribution < -0.4 is 5.32 Å². The molecule has 2 N–H and O–H groups in total. The molecule has 1 aliphatic heterocycles. The van der Waals surface area contributed by atoms with Gasteiger partial charge in [-0.05, 0) is 6.42 Å². The molecule has 0 aromatic carbocycles. The Balaban J connectivity index is 2.11. The van der Waals surface area contributed by atoms with Crippen LogP contribution in [0.2, 0.25) is 0 Å². The van der Waals surface area contributed by atoms with Crippen LogP contribution in [0.1, 0.15) is 39.0 Å². The topological polar surface area (TPSA) is 49.3 Å². The van der Waals surface area contributed by atoms with Crippen molar-refractivity contribution >= 4 is 17.7 Å². The van der Waals surface area contributed by atoms with Crippen molar-refractivity contribution in [3.05, 3.63) is 0 Å². The van der Waals surface area contributed by atoms with E-state index in [1.807, 2.05) is 0 Å². The Kier molecular flexibility index (Phi) is 4.59. The van der Waals surface area contributed by atoms with Crippen LogP contribution >= 0.6 is 11.8 Å². The molecule has 0 spiro atoms. The first kappa shape index (κ1) is 10.9. The van der Waals surface area contributed by atoms with Gasteiger partial charge in [-0.3, -0.25) is 4.79 Å². The highest BCUT2D eigenvalue weighted by atomic mass is 32.2. The molecule has 1 heterocycles. The number of unbranched alkanes of at least 4 members (excludes halogenated alkanes) is 3. The van der Waals surface area contributed by atoms with Gasteiger partial charge in [-0.2, -0.15) is 0 Å². The normalized spacial score (nSPS) is 27.7. The molecule has 0 radical (unpaired) electrons. The number of hydrogen-bond donors (Lipinski definition) is 2. The number of thioether (sulfide) groups is 1. The largest absolute Gasteiger partial charge is 0.365 e. The standard InChI is InChI=1S/C9H17NO2S/c1-2-3-4-5-6-7-8(11)10-9(12)13-7/h7,9,12H,2-6H2,1H3,(H,10,11). The highest BCUT2D eigenvalue weighted by molar-refractivity contribution is 8.01. The first-order chi connectivity index (χ1) is 6.24. The highest BCUT2D eigenvalue weighted by Crippen LogP contribution is 2.26. The van der Waals surface area contributed by atoms with Gasteiger partial charge in [0.25, 0.3) is 0 Å². The second-order valence-electron chi connectivity index (χ2n) is 3.34. The number of aliphatic hydroxyl groups is 1. The lowest BCUT2D eigenvalue weighted by molar-refractivity contribution is -0.121. The molecule has 13 heavy (non-hydrogen) atoms. The molecule has 1 rings (SSSR count). The second-order valence-corrected chi connectivity index (χ2v) is 4.62. The van der Waals surface area contributed by atoms with Crippen LogP contribution in [0, 0.1) is 0 Å². The molecule has 0 bridgehead atoms. The van der Waals surface area contributed by atoms with Crippen molar-refractivity contribution in [3.8, 4) is 0 Å². The summed E-state index contributed by atoms with van der Waals surface area (Å²) in [6, 6.07) is 0. The number of rotatable bonds is 5. The molecule has 1 amide bonds. The first-order valence-electron chi connectivity index (χ1n) is 4.88. The van der Waals surface area contributed by atoms with Gasteiger partial charge in [-0.1, -0.05) is 44.4 Å². The van der Waals surface area contributed by atoms with E-state index in [2.05, 4.69) is 12.2 Å². The van der Waals surface area contributed by atoms with Crippen LogP contribution in [0.4, 0.5) is 0 Å². The number of aliphatic hydroxyl groups excluding tert-OH is 1. The Morgan fingerprint density at radius 1 is 1.46 bits per heavy atom. The van der Waals surface area contributed by atoms with E-state index in [1.165, 1.54) is 31.0 Å². The smallest absolute Gasteiger partial charge is 0.235 e. The predicted molar refractivity (Wildman–Crippen MR) is 54.3 cm³/mol. The van der Waals surface area contributed by atoms with Crippen LogP contribution in [-0.4, -0.2) is 21.8 Å². The summed E-state index contributed by atoms with van der Waals surface area (Å²) in [6.45, 7) is 2.17. The minimum atomic E-state index is -0.677. The molecular weight excluding hydrogens is 186 g/mol. The second kappa shape index (κ2) is 5.50. The van der Waals surface area contributed by atoms with E-state index in [0.29, 0.717) is 0 Å². The van der Waals surface area contributed by atoms with Crippen molar-refractivity contribution < 1.29 is 9.90 Å². The number of hydrogen-bond acceptors (Lipinski definition) is 3. The maximum absolute atomic E-state index is 11.2. The van der Waals surface area contributed by atoms with Gasteiger partial charge >= 0.3 is 0 Å². The lowest BCUT2D eigenvalue weighted by atomic mass is 10.1. The molecule has 2 unspecified atom stereocenters. The van der Waals surface area contributed by atoms with Gasteiger partial charge in [0.05, 0.1) is 5.25 Å². The van der Waals surface area contributed by atoms with Gasteiger partial charge in [-0.25, -0.2) is 0 Å². The lowest BCUT2D eigenvalue weighted by Gasteiger charge is -2.04. The fourth-order valence-electron chi connectivity index (χ4n) is 1.42. The molecule has 2 atom stereocenters. The van der Waals surface area contributed by atoms with Crippen molar-refractivity contribution in [1.82, 2.24) is 5.32 Å². The van der Waals surface area contributed by atoms with Crippen molar-refractivity contribution in [2.45, 2.75) is 49.8 Å². The lowest BCUT2D eigenvalue weighted by Crippen LogP contribution is -2.27. The zero-order valence-electron chi connectivity index (χ0n) is 7.95. The molecule has 4 heteroatoms. The monoisotopic (exact) mass is 203 g/mol. The zero-order valence-corrected chi connectivity index (χ0v) is 8.77. The van der Waals surface area contributed by atoms with Crippen molar-refractivity contribution in [3.63, 3.8) is 0 Å². The van der Waals surface area contributed by atoms with Gasteiger partial charge in [0.2, 0.25) is 5.91 Å². The fraction of sp³-hybridized carbons (Fsp3) is 0.889. The fourth-order valence-corrected chi connectivity index (χ4v) is 2.41. The number of nitrogens with one attached hydrogen (secondary N) is 1. The Bertz CT molecular complexity index is 175. The predicted octanol–water partition coefficient (Wildman–Crippen LogP) is 1.46. The zero-order chi connectivity index (χ0) is 9.68. The third-order valence-electron chi connectivity index (χ3n) is 2.17. The van der Waals surface area contributed by atoms with E-state index < -0.39 is 5.56 Å². The van der Waals surface area contributed by atoms with Crippen LogP contribution in [0.3, 0.4) is 0 Å². The van der Waals surface area contributed by atoms with Gasteiger partial charge in [0.1, 0.15) is 0 Å². The minimum Gasteiger partial charge on any atom is -0.365 e. The average Bonchev–Trinajstić information content (AvgIpc) is 2.39. The van der Waals surface area contributed by atoms with Crippen molar-refractivity contribution in [2.75, 3.05) is 0 Å². The Labute approximate surface area is 83.3 Å². The highest BCUT2D eigenvalue weighted by Gasteiger charge is 2.30. The first-order valence-corrected chi connectivity index (χ1v) is 5.82. The maximum Gasteiger partial charge on any atom is 0.235 e. The Morgan fingerprint density at radius 2 is 2.23 bits per heavy atom. The molecule has 1 aliphatic rings. The van der Waals surface area contributed by atoms with E-state index in [9.17, 15) is 4.79 Å². The molecule has 1 fully saturated rings. The average molecular weight is 203 g/mol. The van der Waals surface area contributed by atoms with E-state index in [4.69, 9.17) is 5.11 Å². The van der Waals surface area contributed by atoms with Crippen LogP contribution in [-0.2, 0) is 4.79 Å². The summed E-state index contributed by atoms with van der Waals surface area (Å²) >= 11 is 1.33. The maximum atomic E-state index is 11.2. The van der Waals surface area contributed by atoms with Crippen molar-refractivity contribution in [1.29, 1.82) is 0 Å². The molecule has 0 aromatic heterocycles. The van der Waals surface area contributed by atoms with Crippen LogP contribution in [0.25, 0.3) is 0 Å². The molecule has 0 aliphatic carbocycles. The summed E-state index contributed by atoms with van der Waals surface area (Å²) in [5.41, 5.74) is -0.677. The summed E-state index contributed by atoms with van der Waals surface area (Å²) < 4.78 is 0. The van der Waals surface area contributed by atoms with Gasteiger partial charge in [0.15, 0.2) is 5.56 Å². The Morgan fingerprint density at radius 3 is 2.77 bits per heavy atom. The number of carbonyl (C=O) groups is 1. The molecule has 76 valence electrons. The van der Waals surface area contributed by atoms with Gasteiger partial charge in [0, 0.05) is 0 Å². The van der Waals surface area contributed by atoms with E-state index in [1.54, 1.807) is 0 Å². The van der Waals surface area contributed by atoms with Crippen molar-refractivity contribution in [2.24, 2.45) is 0 Å². The third kappa shape index (κ3) is 3.56. The summed E-state index contributed by atoms with van der Waals surface area (Å²) in [4.78, 5) is 11.2. The molecule has 3 nitrogen and oxygen atoms in total. The summed E-state index contributed by atoms with van der Waals surface area (Å²) in [7, 11) is 0.